The number of halogens is 1. The molecule has 3 rings (SSSR count). The van der Waals surface area contributed by atoms with Crippen LogP contribution in [0.1, 0.15) is 17.9 Å². The molecule has 0 spiro atoms. The Morgan fingerprint density at radius 1 is 1.29 bits per heavy atom. The molecule has 0 bridgehead atoms. The Kier molecular flexibility index (Phi) is 7.83. The number of carbonyl (C=O) groups is 2. The fourth-order valence-electron chi connectivity index (χ4n) is 3.19. The number of ether oxygens (including phenoxy) is 1. The minimum absolute atomic E-state index is 0. The molecular formula is C19H26ClN5O3. The molecular weight excluding hydrogens is 382 g/mol. The molecule has 1 aromatic carbocycles. The van der Waals surface area contributed by atoms with E-state index in [1.54, 1.807) is 36.0 Å². The van der Waals surface area contributed by atoms with Gasteiger partial charge in [0.05, 0.1) is 25.1 Å². The van der Waals surface area contributed by atoms with Crippen LogP contribution in [0.15, 0.2) is 36.7 Å². The van der Waals surface area contributed by atoms with Crippen LogP contribution in [0.4, 0.5) is 5.69 Å². The second-order valence-corrected chi connectivity index (χ2v) is 6.60. The highest BCUT2D eigenvalue weighted by atomic mass is 35.5. The molecule has 1 fully saturated rings. The van der Waals surface area contributed by atoms with Gasteiger partial charge in [0.15, 0.2) is 0 Å². The number of nitrogens with zero attached hydrogens (tertiary/aromatic N) is 2. The normalized spacial score (nSPS) is 18.2. The van der Waals surface area contributed by atoms with Gasteiger partial charge in [0, 0.05) is 45.0 Å². The lowest BCUT2D eigenvalue weighted by molar-refractivity contribution is -0.121. The summed E-state index contributed by atoms with van der Waals surface area (Å²) in [5.74, 6) is 0.561. The van der Waals surface area contributed by atoms with Gasteiger partial charge in [0.25, 0.3) is 0 Å². The second kappa shape index (κ2) is 10.1. The van der Waals surface area contributed by atoms with E-state index < -0.39 is 0 Å². The predicted molar refractivity (Wildman–Crippen MR) is 109 cm³/mol. The number of anilines is 1. The van der Waals surface area contributed by atoms with Crippen LogP contribution in [0.25, 0.3) is 0 Å². The van der Waals surface area contributed by atoms with E-state index in [4.69, 9.17) is 4.74 Å². The molecule has 2 atom stereocenters. The van der Waals surface area contributed by atoms with Gasteiger partial charge < -0.3 is 20.7 Å². The number of hydrogen-bond acceptors (Lipinski definition) is 5. The van der Waals surface area contributed by atoms with Crippen molar-refractivity contribution in [2.75, 3.05) is 32.1 Å². The van der Waals surface area contributed by atoms with Crippen molar-refractivity contribution in [3.8, 4) is 5.75 Å². The highest BCUT2D eigenvalue weighted by Crippen LogP contribution is 2.29. The topological polar surface area (TPSA) is 97.3 Å². The molecule has 2 heterocycles. The Morgan fingerprint density at radius 2 is 2.04 bits per heavy atom. The van der Waals surface area contributed by atoms with Crippen LogP contribution < -0.4 is 20.7 Å². The van der Waals surface area contributed by atoms with E-state index in [0.29, 0.717) is 25.3 Å². The highest BCUT2D eigenvalue weighted by molar-refractivity contribution is 5.93. The molecule has 0 radical (unpaired) electrons. The van der Waals surface area contributed by atoms with Gasteiger partial charge >= 0.3 is 0 Å². The van der Waals surface area contributed by atoms with Gasteiger partial charge in [-0.2, -0.15) is 5.10 Å². The van der Waals surface area contributed by atoms with Gasteiger partial charge in [0.2, 0.25) is 11.8 Å². The molecule has 0 saturated carbocycles. The molecule has 1 aliphatic rings. The highest BCUT2D eigenvalue weighted by Gasteiger charge is 2.34. The van der Waals surface area contributed by atoms with Crippen molar-refractivity contribution in [1.82, 2.24) is 20.4 Å². The molecule has 0 aliphatic carbocycles. The van der Waals surface area contributed by atoms with Crippen LogP contribution in [-0.2, 0) is 16.6 Å². The molecule has 2 amide bonds. The largest absolute Gasteiger partial charge is 0.493 e. The fraction of sp³-hybridized carbons (Fsp3) is 0.421. The van der Waals surface area contributed by atoms with Gasteiger partial charge in [0.1, 0.15) is 5.75 Å². The summed E-state index contributed by atoms with van der Waals surface area (Å²) >= 11 is 0. The first-order valence-electron chi connectivity index (χ1n) is 9.00. The van der Waals surface area contributed by atoms with Crippen molar-refractivity contribution in [2.45, 2.75) is 12.3 Å². The van der Waals surface area contributed by atoms with E-state index in [0.717, 1.165) is 17.8 Å². The van der Waals surface area contributed by atoms with Crippen molar-refractivity contribution in [1.29, 1.82) is 0 Å². The van der Waals surface area contributed by atoms with Crippen LogP contribution in [0.5, 0.6) is 5.75 Å². The first-order valence-corrected chi connectivity index (χ1v) is 9.00. The average Bonchev–Trinajstić information content (AvgIpc) is 3.31. The lowest BCUT2D eigenvalue weighted by Crippen LogP contribution is -2.28. The molecule has 9 heteroatoms. The maximum Gasteiger partial charge on any atom is 0.229 e. The SMILES string of the molecule is CNC(=O)CCOc1ccc(NC(=O)[C@H]2CNC[C@@H]2c2cnn(C)c2)cc1.Cl. The number of carbonyl (C=O) groups excluding carboxylic acids is 2. The molecule has 8 nitrogen and oxygen atoms in total. The van der Waals surface area contributed by atoms with E-state index in [1.165, 1.54) is 0 Å². The van der Waals surface area contributed by atoms with E-state index in [-0.39, 0.29) is 36.1 Å². The number of hydrogen-bond donors (Lipinski definition) is 3. The first-order chi connectivity index (χ1) is 13.1. The molecule has 3 N–H and O–H groups in total. The summed E-state index contributed by atoms with van der Waals surface area (Å²) in [6.45, 7) is 1.72. The summed E-state index contributed by atoms with van der Waals surface area (Å²) in [4.78, 5) is 23.9. The summed E-state index contributed by atoms with van der Waals surface area (Å²) in [5.41, 5.74) is 1.79. The zero-order chi connectivity index (χ0) is 19.2. The zero-order valence-corrected chi connectivity index (χ0v) is 16.8. The zero-order valence-electron chi connectivity index (χ0n) is 16.0. The molecule has 2 aromatic rings. The minimum atomic E-state index is -0.141. The number of aryl methyl sites for hydroxylation is 1. The van der Waals surface area contributed by atoms with Crippen LogP contribution in [-0.4, -0.2) is 48.3 Å². The number of aromatic nitrogens is 2. The monoisotopic (exact) mass is 407 g/mol. The van der Waals surface area contributed by atoms with Crippen LogP contribution in [0, 0.1) is 5.92 Å². The van der Waals surface area contributed by atoms with E-state index in [1.807, 2.05) is 19.4 Å². The Bertz CT molecular complexity index is 793. The van der Waals surface area contributed by atoms with Crippen molar-refractivity contribution in [3.63, 3.8) is 0 Å². The quantitative estimate of drug-likeness (QED) is 0.642. The Hall–Kier alpha value is -2.58. The standard InChI is InChI=1S/C19H25N5O3.ClH/c1-20-18(25)7-8-27-15-5-3-14(4-6-15)23-19(26)17-11-21-10-16(17)13-9-22-24(2)12-13;/h3-6,9,12,16-17,21H,7-8,10-11H2,1-2H3,(H,20,25)(H,23,26);1H/t16-,17+;/m1./s1. The van der Waals surface area contributed by atoms with Crippen molar-refractivity contribution in [2.24, 2.45) is 13.0 Å². The van der Waals surface area contributed by atoms with Crippen molar-refractivity contribution < 1.29 is 14.3 Å². The van der Waals surface area contributed by atoms with E-state index in [9.17, 15) is 9.59 Å². The number of nitrogens with one attached hydrogen (secondary N) is 3. The van der Waals surface area contributed by atoms with Crippen LogP contribution in [0.3, 0.4) is 0 Å². The maximum absolute atomic E-state index is 12.7. The Labute approximate surface area is 170 Å². The van der Waals surface area contributed by atoms with Crippen molar-refractivity contribution >= 4 is 29.9 Å². The third-order valence-electron chi connectivity index (χ3n) is 4.70. The average molecular weight is 408 g/mol. The molecule has 152 valence electrons. The van der Waals surface area contributed by atoms with Gasteiger partial charge in [-0.15, -0.1) is 12.4 Å². The summed E-state index contributed by atoms with van der Waals surface area (Å²) < 4.78 is 7.28. The van der Waals surface area contributed by atoms with Gasteiger partial charge in [-0.05, 0) is 29.8 Å². The first kappa shape index (κ1) is 21.7. The number of rotatable bonds is 7. The van der Waals surface area contributed by atoms with Gasteiger partial charge in [-0.25, -0.2) is 0 Å². The second-order valence-electron chi connectivity index (χ2n) is 6.60. The lowest BCUT2D eigenvalue weighted by atomic mass is 9.90. The molecule has 0 unspecified atom stereocenters. The Morgan fingerprint density at radius 3 is 2.68 bits per heavy atom. The third-order valence-corrected chi connectivity index (χ3v) is 4.70. The fourth-order valence-corrected chi connectivity index (χ4v) is 3.19. The van der Waals surface area contributed by atoms with E-state index in [2.05, 4.69) is 21.0 Å². The van der Waals surface area contributed by atoms with E-state index >= 15 is 0 Å². The molecule has 1 aromatic heterocycles. The summed E-state index contributed by atoms with van der Waals surface area (Å²) in [6.07, 6.45) is 4.09. The molecule has 1 saturated heterocycles. The smallest absolute Gasteiger partial charge is 0.229 e. The summed E-state index contributed by atoms with van der Waals surface area (Å²) in [7, 11) is 3.47. The van der Waals surface area contributed by atoms with Crippen LogP contribution >= 0.6 is 12.4 Å². The predicted octanol–water partition coefficient (Wildman–Crippen LogP) is 1.30. The summed E-state index contributed by atoms with van der Waals surface area (Å²) in [6, 6.07) is 7.17. The third kappa shape index (κ3) is 5.46. The number of amides is 2. The summed E-state index contributed by atoms with van der Waals surface area (Å²) in [5, 5.41) is 13.0. The minimum Gasteiger partial charge on any atom is -0.493 e. The molecule has 1 aliphatic heterocycles. The number of benzene rings is 1. The van der Waals surface area contributed by atoms with Gasteiger partial charge in [-0.3, -0.25) is 14.3 Å². The maximum atomic E-state index is 12.7. The van der Waals surface area contributed by atoms with Crippen molar-refractivity contribution in [3.05, 3.63) is 42.2 Å². The lowest BCUT2D eigenvalue weighted by Gasteiger charge is -2.17. The van der Waals surface area contributed by atoms with Gasteiger partial charge in [-0.1, -0.05) is 0 Å². The Balaban J connectivity index is 0.00000280. The molecule has 28 heavy (non-hydrogen) atoms. The van der Waals surface area contributed by atoms with Crippen LogP contribution in [0.2, 0.25) is 0 Å².